The lowest BCUT2D eigenvalue weighted by atomic mass is 9.78. The van der Waals surface area contributed by atoms with Gasteiger partial charge in [0, 0.05) is 0 Å². The van der Waals surface area contributed by atoms with Crippen molar-refractivity contribution < 1.29 is 14.6 Å². The third kappa shape index (κ3) is 4.51. The topological polar surface area (TPSA) is 72.6 Å². The molecule has 4 nitrogen and oxygen atoms in total. The summed E-state index contributed by atoms with van der Waals surface area (Å²) in [6, 6.07) is 15.3. The third-order valence-electron chi connectivity index (χ3n) is 4.38. The number of nitrogens with two attached hydrogens (primary N) is 1. The first-order chi connectivity index (χ1) is 11.5. The molecule has 2 rings (SSSR count). The fraction of sp³-hybridized carbons (Fsp3) is 0.350. The van der Waals surface area contributed by atoms with Gasteiger partial charge in [0.05, 0.1) is 0 Å². The van der Waals surface area contributed by atoms with Gasteiger partial charge in [-0.25, -0.2) is 0 Å². The largest absolute Gasteiger partial charge is 0.508 e. The average molecular weight is 327 g/mol. The van der Waals surface area contributed by atoms with Crippen molar-refractivity contribution in [2.24, 2.45) is 5.73 Å². The van der Waals surface area contributed by atoms with Crippen LogP contribution in [0.1, 0.15) is 49.7 Å². The Morgan fingerprint density at radius 2 is 1.42 bits per heavy atom. The third-order valence-corrected chi connectivity index (χ3v) is 4.38. The van der Waals surface area contributed by atoms with E-state index in [1.807, 2.05) is 36.4 Å². The predicted molar refractivity (Wildman–Crippen MR) is 95.3 cm³/mol. The highest BCUT2D eigenvalue weighted by Crippen LogP contribution is 2.38. The van der Waals surface area contributed by atoms with E-state index in [0.717, 1.165) is 12.8 Å². The molecule has 0 aliphatic rings. The van der Waals surface area contributed by atoms with Gasteiger partial charge in [0.15, 0.2) is 6.61 Å². The van der Waals surface area contributed by atoms with Gasteiger partial charge in [0.1, 0.15) is 11.5 Å². The van der Waals surface area contributed by atoms with Crippen LogP contribution in [0.2, 0.25) is 0 Å². The molecule has 0 aliphatic heterocycles. The van der Waals surface area contributed by atoms with Crippen LogP contribution in [0, 0.1) is 0 Å². The second-order valence-corrected chi connectivity index (χ2v) is 5.95. The van der Waals surface area contributed by atoms with E-state index in [4.69, 9.17) is 10.5 Å². The fourth-order valence-electron chi connectivity index (χ4n) is 3.19. The summed E-state index contributed by atoms with van der Waals surface area (Å²) in [6.07, 6.45) is 2.03. The van der Waals surface area contributed by atoms with Crippen molar-refractivity contribution in [2.45, 2.75) is 38.5 Å². The molecule has 2 atom stereocenters. The number of rotatable bonds is 8. The minimum absolute atomic E-state index is 0.109. The van der Waals surface area contributed by atoms with Crippen LogP contribution in [0.25, 0.3) is 0 Å². The van der Waals surface area contributed by atoms with E-state index < -0.39 is 5.91 Å². The first-order valence-corrected chi connectivity index (χ1v) is 8.35. The second kappa shape index (κ2) is 8.39. The molecule has 0 unspecified atom stereocenters. The summed E-state index contributed by atoms with van der Waals surface area (Å²) in [5.74, 6) is 1.21. The van der Waals surface area contributed by atoms with Gasteiger partial charge in [-0.15, -0.1) is 0 Å². The molecule has 24 heavy (non-hydrogen) atoms. The zero-order valence-corrected chi connectivity index (χ0v) is 14.2. The van der Waals surface area contributed by atoms with E-state index >= 15 is 0 Å². The second-order valence-electron chi connectivity index (χ2n) is 5.95. The highest BCUT2D eigenvalue weighted by atomic mass is 16.5. The molecule has 1 amide bonds. The number of carbonyl (C=O) groups is 1. The van der Waals surface area contributed by atoms with Crippen molar-refractivity contribution in [2.75, 3.05) is 6.61 Å². The Labute approximate surface area is 143 Å². The van der Waals surface area contributed by atoms with Gasteiger partial charge in [-0.3, -0.25) is 4.79 Å². The SMILES string of the molecule is CC[C@@H](c1ccc(O)cc1)[C@@H](CC)c1ccc(OCC(N)=O)cc1. The lowest BCUT2D eigenvalue weighted by Crippen LogP contribution is -2.20. The molecule has 0 heterocycles. The molecule has 0 fully saturated rings. The molecule has 0 aliphatic carbocycles. The summed E-state index contributed by atoms with van der Waals surface area (Å²) in [5, 5.41) is 9.50. The number of aromatic hydroxyl groups is 1. The molecule has 0 saturated heterocycles. The number of hydrogen-bond donors (Lipinski definition) is 2. The Balaban J connectivity index is 2.19. The lowest BCUT2D eigenvalue weighted by Gasteiger charge is -2.26. The minimum atomic E-state index is -0.483. The maximum absolute atomic E-state index is 10.8. The molecule has 2 aromatic carbocycles. The number of ether oxygens (including phenoxy) is 1. The maximum Gasteiger partial charge on any atom is 0.255 e. The van der Waals surface area contributed by atoms with E-state index in [1.165, 1.54) is 11.1 Å². The summed E-state index contributed by atoms with van der Waals surface area (Å²) in [5.41, 5.74) is 7.56. The summed E-state index contributed by atoms with van der Waals surface area (Å²) < 4.78 is 5.32. The van der Waals surface area contributed by atoms with Gasteiger partial charge in [-0.1, -0.05) is 38.1 Å². The van der Waals surface area contributed by atoms with Crippen molar-refractivity contribution in [3.63, 3.8) is 0 Å². The Morgan fingerprint density at radius 3 is 1.83 bits per heavy atom. The Bertz CT molecular complexity index is 650. The van der Waals surface area contributed by atoms with Gasteiger partial charge in [0.2, 0.25) is 0 Å². The summed E-state index contributed by atoms with van der Waals surface area (Å²) in [6.45, 7) is 4.26. The zero-order chi connectivity index (χ0) is 17.5. The lowest BCUT2D eigenvalue weighted by molar-refractivity contribution is -0.119. The van der Waals surface area contributed by atoms with Crippen LogP contribution in [0.15, 0.2) is 48.5 Å². The zero-order valence-electron chi connectivity index (χ0n) is 14.2. The van der Waals surface area contributed by atoms with Crippen LogP contribution in [0.4, 0.5) is 0 Å². The first kappa shape index (κ1) is 17.9. The number of primary amides is 1. The van der Waals surface area contributed by atoms with E-state index in [9.17, 15) is 9.90 Å². The van der Waals surface area contributed by atoms with Crippen LogP contribution in [0.5, 0.6) is 11.5 Å². The van der Waals surface area contributed by atoms with Gasteiger partial charge in [-0.05, 0) is 60.1 Å². The van der Waals surface area contributed by atoms with Crippen LogP contribution < -0.4 is 10.5 Å². The number of phenols is 1. The van der Waals surface area contributed by atoms with Crippen molar-refractivity contribution in [3.8, 4) is 11.5 Å². The highest BCUT2D eigenvalue weighted by Gasteiger charge is 2.22. The van der Waals surface area contributed by atoms with E-state index in [2.05, 4.69) is 13.8 Å². The van der Waals surface area contributed by atoms with Gasteiger partial charge < -0.3 is 15.6 Å². The molecular formula is C20H25NO3. The molecule has 128 valence electrons. The van der Waals surface area contributed by atoms with Crippen LogP contribution >= 0.6 is 0 Å². The normalized spacial score (nSPS) is 13.2. The first-order valence-electron chi connectivity index (χ1n) is 8.35. The summed E-state index contributed by atoms with van der Waals surface area (Å²) in [7, 11) is 0. The van der Waals surface area contributed by atoms with Crippen molar-refractivity contribution >= 4 is 5.91 Å². The maximum atomic E-state index is 10.8. The van der Waals surface area contributed by atoms with Gasteiger partial charge in [0.25, 0.3) is 5.91 Å². The van der Waals surface area contributed by atoms with Crippen LogP contribution in [0.3, 0.4) is 0 Å². The highest BCUT2D eigenvalue weighted by molar-refractivity contribution is 5.75. The van der Waals surface area contributed by atoms with Crippen molar-refractivity contribution in [1.82, 2.24) is 0 Å². The monoisotopic (exact) mass is 327 g/mol. The predicted octanol–water partition coefficient (Wildman–Crippen LogP) is 3.94. The molecule has 3 N–H and O–H groups in total. The quantitative estimate of drug-likeness (QED) is 0.771. The number of phenolic OH excluding ortho intramolecular Hbond substituents is 1. The summed E-state index contributed by atoms with van der Waals surface area (Å²) >= 11 is 0. The summed E-state index contributed by atoms with van der Waals surface area (Å²) in [4.78, 5) is 10.8. The number of carbonyl (C=O) groups excluding carboxylic acids is 1. The smallest absolute Gasteiger partial charge is 0.255 e. The van der Waals surface area contributed by atoms with Crippen molar-refractivity contribution in [1.29, 1.82) is 0 Å². The van der Waals surface area contributed by atoms with E-state index in [1.54, 1.807) is 12.1 Å². The average Bonchev–Trinajstić information content (AvgIpc) is 2.59. The van der Waals surface area contributed by atoms with Crippen LogP contribution in [-0.2, 0) is 4.79 Å². The molecular weight excluding hydrogens is 302 g/mol. The van der Waals surface area contributed by atoms with Gasteiger partial charge in [-0.2, -0.15) is 0 Å². The Morgan fingerprint density at radius 1 is 0.958 bits per heavy atom. The van der Waals surface area contributed by atoms with Gasteiger partial charge >= 0.3 is 0 Å². The fourth-order valence-corrected chi connectivity index (χ4v) is 3.19. The Hall–Kier alpha value is -2.49. The number of amides is 1. The van der Waals surface area contributed by atoms with E-state index in [0.29, 0.717) is 17.6 Å². The Kier molecular flexibility index (Phi) is 6.24. The molecule has 0 aromatic heterocycles. The molecule has 4 heteroatoms. The molecule has 0 radical (unpaired) electrons. The van der Waals surface area contributed by atoms with Crippen LogP contribution in [-0.4, -0.2) is 17.6 Å². The molecule has 0 saturated carbocycles. The molecule has 0 bridgehead atoms. The number of benzene rings is 2. The molecule has 2 aromatic rings. The standard InChI is InChI=1S/C20H25NO3/c1-3-18(14-5-9-16(22)10-6-14)19(4-2)15-7-11-17(12-8-15)24-13-20(21)23/h5-12,18-19,22H,3-4,13H2,1-2H3,(H2,21,23)/t18-,19-/m0/s1. The molecule has 0 spiro atoms. The minimum Gasteiger partial charge on any atom is -0.508 e. The van der Waals surface area contributed by atoms with Crippen molar-refractivity contribution in [3.05, 3.63) is 59.7 Å². The van der Waals surface area contributed by atoms with E-state index in [-0.39, 0.29) is 12.4 Å². The number of hydrogen-bond acceptors (Lipinski definition) is 3.